The van der Waals surface area contributed by atoms with Gasteiger partial charge in [-0.1, -0.05) is 17.7 Å². The normalized spacial score (nSPS) is 10.6. The Balaban J connectivity index is 2.47. The summed E-state index contributed by atoms with van der Waals surface area (Å²) in [6.07, 6.45) is 5.76. The SMILES string of the molecule is CC(=O)NCCC=Cc1ncc(Cl)nc1N. The highest BCUT2D eigenvalue weighted by Crippen LogP contribution is 2.11. The number of hydrogen-bond acceptors (Lipinski definition) is 4. The first-order valence-electron chi connectivity index (χ1n) is 4.78. The molecule has 0 aliphatic heterocycles. The van der Waals surface area contributed by atoms with Gasteiger partial charge in [-0.2, -0.15) is 0 Å². The molecule has 0 bridgehead atoms. The van der Waals surface area contributed by atoms with Gasteiger partial charge in [0, 0.05) is 13.5 Å². The Hall–Kier alpha value is -1.62. The lowest BCUT2D eigenvalue weighted by Crippen LogP contribution is -2.20. The first-order chi connectivity index (χ1) is 7.59. The molecule has 16 heavy (non-hydrogen) atoms. The number of carbonyl (C=O) groups is 1. The molecule has 0 saturated carbocycles. The molecule has 0 unspecified atom stereocenters. The molecule has 5 nitrogen and oxygen atoms in total. The van der Waals surface area contributed by atoms with Crippen molar-refractivity contribution in [3.05, 3.63) is 23.1 Å². The number of anilines is 1. The summed E-state index contributed by atoms with van der Waals surface area (Å²) in [5.41, 5.74) is 6.18. The molecule has 1 aromatic heterocycles. The first-order valence-corrected chi connectivity index (χ1v) is 5.16. The van der Waals surface area contributed by atoms with Crippen molar-refractivity contribution in [2.75, 3.05) is 12.3 Å². The van der Waals surface area contributed by atoms with Crippen molar-refractivity contribution in [3.63, 3.8) is 0 Å². The van der Waals surface area contributed by atoms with E-state index >= 15 is 0 Å². The molecule has 0 aromatic carbocycles. The fourth-order valence-corrected chi connectivity index (χ4v) is 1.18. The molecule has 1 rings (SSSR count). The fourth-order valence-electron chi connectivity index (χ4n) is 1.05. The Labute approximate surface area is 98.7 Å². The summed E-state index contributed by atoms with van der Waals surface area (Å²) < 4.78 is 0. The van der Waals surface area contributed by atoms with Crippen LogP contribution >= 0.6 is 11.6 Å². The molecule has 0 saturated heterocycles. The van der Waals surface area contributed by atoms with Crippen LogP contribution in [0.1, 0.15) is 19.0 Å². The maximum atomic E-state index is 10.6. The zero-order chi connectivity index (χ0) is 12.0. The Morgan fingerprint density at radius 1 is 1.69 bits per heavy atom. The van der Waals surface area contributed by atoms with E-state index in [0.29, 0.717) is 24.5 Å². The summed E-state index contributed by atoms with van der Waals surface area (Å²) in [7, 11) is 0. The van der Waals surface area contributed by atoms with Crippen LogP contribution in [-0.4, -0.2) is 22.4 Å². The minimum Gasteiger partial charge on any atom is -0.382 e. The van der Waals surface area contributed by atoms with Crippen LogP contribution in [0.5, 0.6) is 0 Å². The smallest absolute Gasteiger partial charge is 0.216 e. The van der Waals surface area contributed by atoms with E-state index < -0.39 is 0 Å². The van der Waals surface area contributed by atoms with E-state index in [0.717, 1.165) is 0 Å². The van der Waals surface area contributed by atoms with E-state index in [-0.39, 0.29) is 11.1 Å². The molecule has 3 N–H and O–H groups in total. The molecular formula is C10H13ClN4O. The van der Waals surface area contributed by atoms with Crippen LogP contribution in [0.25, 0.3) is 6.08 Å². The first kappa shape index (κ1) is 12.4. The molecule has 1 amide bonds. The molecule has 0 aliphatic rings. The number of nitrogens with one attached hydrogen (secondary N) is 1. The zero-order valence-corrected chi connectivity index (χ0v) is 9.66. The average Bonchev–Trinajstić information content (AvgIpc) is 2.20. The van der Waals surface area contributed by atoms with Crippen molar-refractivity contribution in [2.45, 2.75) is 13.3 Å². The van der Waals surface area contributed by atoms with Gasteiger partial charge in [0.25, 0.3) is 0 Å². The van der Waals surface area contributed by atoms with Gasteiger partial charge >= 0.3 is 0 Å². The predicted molar refractivity (Wildman–Crippen MR) is 63.8 cm³/mol. The van der Waals surface area contributed by atoms with Crippen LogP contribution in [0.2, 0.25) is 5.15 Å². The molecule has 0 radical (unpaired) electrons. The number of aromatic nitrogens is 2. The number of amides is 1. The molecule has 0 atom stereocenters. The van der Waals surface area contributed by atoms with E-state index in [1.54, 1.807) is 6.08 Å². The lowest BCUT2D eigenvalue weighted by molar-refractivity contribution is -0.118. The monoisotopic (exact) mass is 240 g/mol. The lowest BCUT2D eigenvalue weighted by Gasteiger charge is -1.99. The number of nitrogen functional groups attached to an aromatic ring is 1. The third-order valence-corrected chi connectivity index (χ3v) is 1.94. The Bertz CT molecular complexity index is 406. The largest absolute Gasteiger partial charge is 0.382 e. The fraction of sp³-hybridized carbons (Fsp3) is 0.300. The standard InChI is InChI=1S/C10H13ClN4O/c1-7(16)13-5-3-2-4-8-10(12)15-9(11)6-14-8/h2,4,6H,3,5H2,1H3,(H2,12,15)(H,13,16). The van der Waals surface area contributed by atoms with Crippen molar-refractivity contribution in [3.8, 4) is 0 Å². The summed E-state index contributed by atoms with van der Waals surface area (Å²) in [4.78, 5) is 18.5. The van der Waals surface area contributed by atoms with Gasteiger partial charge < -0.3 is 11.1 Å². The minimum atomic E-state index is -0.0424. The van der Waals surface area contributed by atoms with E-state index in [4.69, 9.17) is 17.3 Å². The second kappa shape index (κ2) is 6.07. The minimum absolute atomic E-state index is 0.0424. The highest BCUT2D eigenvalue weighted by atomic mass is 35.5. The number of rotatable bonds is 4. The topological polar surface area (TPSA) is 80.9 Å². The van der Waals surface area contributed by atoms with Gasteiger partial charge in [-0.15, -0.1) is 0 Å². The van der Waals surface area contributed by atoms with E-state index in [1.807, 2.05) is 6.08 Å². The summed E-state index contributed by atoms with van der Waals surface area (Å²) >= 11 is 5.61. The third kappa shape index (κ3) is 4.27. The van der Waals surface area contributed by atoms with Crippen LogP contribution in [0.4, 0.5) is 5.82 Å². The van der Waals surface area contributed by atoms with Crippen molar-refractivity contribution >= 4 is 29.4 Å². The number of nitrogens with two attached hydrogens (primary N) is 1. The lowest BCUT2D eigenvalue weighted by atomic mass is 10.3. The summed E-state index contributed by atoms with van der Waals surface area (Å²) in [5.74, 6) is 0.252. The average molecular weight is 241 g/mol. The van der Waals surface area contributed by atoms with Crippen LogP contribution in [-0.2, 0) is 4.79 Å². The molecule has 0 fully saturated rings. The number of nitrogens with zero attached hydrogens (tertiary/aromatic N) is 2. The Kier molecular flexibility index (Phi) is 4.72. The molecule has 6 heteroatoms. The number of carbonyl (C=O) groups excluding carboxylic acids is 1. The molecule has 1 aromatic rings. The summed E-state index contributed by atoms with van der Waals surface area (Å²) in [6.45, 7) is 2.07. The van der Waals surface area contributed by atoms with Crippen LogP contribution in [0, 0.1) is 0 Å². The van der Waals surface area contributed by atoms with E-state index in [1.165, 1.54) is 13.1 Å². The second-order valence-corrected chi connectivity index (χ2v) is 3.52. The highest BCUT2D eigenvalue weighted by molar-refractivity contribution is 6.29. The predicted octanol–water partition coefficient (Wildman–Crippen LogP) is 1.25. The summed E-state index contributed by atoms with van der Waals surface area (Å²) in [6, 6.07) is 0. The Morgan fingerprint density at radius 2 is 2.44 bits per heavy atom. The van der Waals surface area contributed by atoms with Crippen molar-refractivity contribution < 1.29 is 4.79 Å². The maximum absolute atomic E-state index is 10.6. The van der Waals surface area contributed by atoms with Gasteiger partial charge in [-0.3, -0.25) is 4.79 Å². The van der Waals surface area contributed by atoms with Crippen molar-refractivity contribution in [2.24, 2.45) is 0 Å². The second-order valence-electron chi connectivity index (χ2n) is 3.14. The van der Waals surface area contributed by atoms with Gasteiger partial charge in [0.1, 0.15) is 10.8 Å². The Morgan fingerprint density at radius 3 is 3.06 bits per heavy atom. The van der Waals surface area contributed by atoms with E-state index in [2.05, 4.69) is 15.3 Å². The number of halogens is 1. The maximum Gasteiger partial charge on any atom is 0.216 e. The van der Waals surface area contributed by atoms with Gasteiger partial charge in [-0.05, 0) is 12.5 Å². The zero-order valence-electron chi connectivity index (χ0n) is 8.90. The molecule has 0 spiro atoms. The quantitative estimate of drug-likeness (QED) is 0.777. The molecule has 86 valence electrons. The van der Waals surface area contributed by atoms with Crippen LogP contribution in [0.3, 0.4) is 0 Å². The van der Waals surface area contributed by atoms with Crippen molar-refractivity contribution in [1.82, 2.24) is 15.3 Å². The molecule has 0 aliphatic carbocycles. The highest BCUT2D eigenvalue weighted by Gasteiger charge is 1.98. The molecular weight excluding hydrogens is 228 g/mol. The number of hydrogen-bond donors (Lipinski definition) is 2. The van der Waals surface area contributed by atoms with Crippen molar-refractivity contribution in [1.29, 1.82) is 0 Å². The molecule has 1 heterocycles. The van der Waals surface area contributed by atoms with Gasteiger partial charge in [0.2, 0.25) is 5.91 Å². The van der Waals surface area contributed by atoms with Gasteiger partial charge in [0.05, 0.1) is 6.20 Å². The van der Waals surface area contributed by atoms with Gasteiger partial charge in [0.15, 0.2) is 5.82 Å². The van der Waals surface area contributed by atoms with Crippen LogP contribution < -0.4 is 11.1 Å². The van der Waals surface area contributed by atoms with Crippen LogP contribution in [0.15, 0.2) is 12.3 Å². The summed E-state index contributed by atoms with van der Waals surface area (Å²) in [5, 5.41) is 2.95. The third-order valence-electron chi connectivity index (χ3n) is 1.76. The van der Waals surface area contributed by atoms with Gasteiger partial charge in [-0.25, -0.2) is 9.97 Å². The van der Waals surface area contributed by atoms with E-state index in [9.17, 15) is 4.79 Å².